The molecule has 1 aliphatic heterocycles. The second kappa shape index (κ2) is 5.96. The largest absolute Gasteiger partial charge is 0.420 e. The van der Waals surface area contributed by atoms with Crippen molar-refractivity contribution in [3.05, 3.63) is 64.9 Å². The van der Waals surface area contributed by atoms with Gasteiger partial charge in [-0.3, -0.25) is 14.3 Å². The maximum Gasteiger partial charge on any atom is 0.420 e. The number of fused-ring (bicyclic) bond motifs is 1. The number of nitrogens with zero attached hydrogens (tertiary/aromatic N) is 3. The fourth-order valence-corrected chi connectivity index (χ4v) is 3.33. The van der Waals surface area contributed by atoms with Crippen LogP contribution < -0.4 is 5.76 Å². The molecule has 4 rings (SSSR count). The molecule has 1 saturated heterocycles. The van der Waals surface area contributed by atoms with E-state index in [1.54, 1.807) is 35.2 Å². The standard InChI is InChI=1S/C18H17N3O3/c22-17(13-5-9-19-10-6-13)20-11-7-14(8-12-20)21-15-3-1-2-4-16(15)24-18(21)23/h1-6,9-10,14H,7-8,11-12H2. The minimum atomic E-state index is -0.324. The molecule has 6 nitrogen and oxygen atoms in total. The van der Waals surface area contributed by atoms with Gasteiger partial charge in [-0.1, -0.05) is 12.1 Å². The number of amides is 1. The van der Waals surface area contributed by atoms with Gasteiger partial charge in [0.05, 0.1) is 5.52 Å². The number of aromatic nitrogens is 2. The van der Waals surface area contributed by atoms with Gasteiger partial charge in [-0.15, -0.1) is 0 Å². The van der Waals surface area contributed by atoms with Crippen LogP contribution in [0, 0.1) is 0 Å². The van der Waals surface area contributed by atoms with E-state index in [1.165, 1.54) is 0 Å². The first-order chi connectivity index (χ1) is 11.7. The summed E-state index contributed by atoms with van der Waals surface area (Å²) in [6.07, 6.45) is 4.72. The number of carbonyl (C=O) groups is 1. The molecule has 24 heavy (non-hydrogen) atoms. The Hall–Kier alpha value is -2.89. The summed E-state index contributed by atoms with van der Waals surface area (Å²) in [5.74, 6) is -0.310. The van der Waals surface area contributed by atoms with Gasteiger partial charge in [-0.05, 0) is 37.1 Å². The molecule has 2 aromatic heterocycles. The number of oxazole rings is 1. The molecule has 0 spiro atoms. The van der Waals surface area contributed by atoms with Crippen LogP contribution in [0.3, 0.4) is 0 Å². The Labute approximate surface area is 138 Å². The van der Waals surface area contributed by atoms with Gasteiger partial charge in [0.1, 0.15) is 0 Å². The zero-order valence-corrected chi connectivity index (χ0v) is 13.1. The fourth-order valence-electron chi connectivity index (χ4n) is 3.33. The highest BCUT2D eigenvalue weighted by Gasteiger charge is 2.27. The number of carbonyl (C=O) groups excluding carboxylic acids is 1. The molecule has 3 heterocycles. The van der Waals surface area contributed by atoms with Crippen molar-refractivity contribution in [2.24, 2.45) is 0 Å². The maximum absolute atomic E-state index is 12.5. The minimum Gasteiger partial charge on any atom is -0.408 e. The molecule has 1 fully saturated rings. The van der Waals surface area contributed by atoms with Gasteiger partial charge in [0.25, 0.3) is 5.91 Å². The third kappa shape index (κ3) is 2.50. The third-order valence-corrected chi connectivity index (χ3v) is 4.56. The summed E-state index contributed by atoms with van der Waals surface area (Å²) in [7, 11) is 0. The highest BCUT2D eigenvalue weighted by Crippen LogP contribution is 2.26. The molecule has 1 aliphatic rings. The monoisotopic (exact) mass is 323 g/mol. The molecular formula is C18H17N3O3. The highest BCUT2D eigenvalue weighted by molar-refractivity contribution is 5.94. The van der Waals surface area contributed by atoms with E-state index in [0.717, 1.165) is 18.4 Å². The van der Waals surface area contributed by atoms with Crippen LogP contribution in [0.1, 0.15) is 29.2 Å². The van der Waals surface area contributed by atoms with Crippen molar-refractivity contribution in [2.45, 2.75) is 18.9 Å². The molecule has 0 aliphatic carbocycles. The predicted molar refractivity (Wildman–Crippen MR) is 88.9 cm³/mol. The summed E-state index contributed by atoms with van der Waals surface area (Å²) in [6, 6.07) is 11.0. The zero-order valence-electron chi connectivity index (χ0n) is 13.1. The van der Waals surface area contributed by atoms with Gasteiger partial charge >= 0.3 is 5.76 Å². The smallest absolute Gasteiger partial charge is 0.408 e. The van der Waals surface area contributed by atoms with Gasteiger partial charge < -0.3 is 9.32 Å². The number of pyridine rings is 1. The molecule has 122 valence electrons. The first-order valence-electron chi connectivity index (χ1n) is 8.03. The molecular weight excluding hydrogens is 306 g/mol. The lowest BCUT2D eigenvalue weighted by molar-refractivity contribution is 0.0693. The molecule has 0 atom stereocenters. The van der Waals surface area contributed by atoms with E-state index in [4.69, 9.17) is 4.42 Å². The second-order valence-electron chi connectivity index (χ2n) is 5.96. The summed E-state index contributed by atoms with van der Waals surface area (Å²) in [4.78, 5) is 30.4. The van der Waals surface area contributed by atoms with Gasteiger partial charge in [-0.25, -0.2) is 4.79 Å². The Bertz CT molecular complexity index is 921. The quantitative estimate of drug-likeness (QED) is 0.726. The van der Waals surface area contributed by atoms with Crippen LogP contribution in [0.2, 0.25) is 0 Å². The topological polar surface area (TPSA) is 68.3 Å². The molecule has 1 aromatic carbocycles. The summed E-state index contributed by atoms with van der Waals surface area (Å²) < 4.78 is 7.04. The van der Waals surface area contributed by atoms with E-state index >= 15 is 0 Å². The Balaban J connectivity index is 1.53. The van der Waals surface area contributed by atoms with Crippen molar-refractivity contribution in [1.82, 2.24) is 14.5 Å². The van der Waals surface area contributed by atoms with Crippen molar-refractivity contribution in [3.63, 3.8) is 0 Å². The number of hydrogen-bond donors (Lipinski definition) is 0. The van der Waals surface area contributed by atoms with Gasteiger partial charge in [0.2, 0.25) is 0 Å². The van der Waals surface area contributed by atoms with Gasteiger partial charge in [0, 0.05) is 37.1 Å². The number of rotatable bonds is 2. The lowest BCUT2D eigenvalue weighted by Gasteiger charge is -2.32. The van der Waals surface area contributed by atoms with Crippen LogP contribution in [0.5, 0.6) is 0 Å². The molecule has 0 bridgehead atoms. The van der Waals surface area contributed by atoms with Crippen LogP contribution in [-0.2, 0) is 0 Å². The second-order valence-corrected chi connectivity index (χ2v) is 5.96. The van der Waals surface area contributed by atoms with Gasteiger partial charge in [-0.2, -0.15) is 0 Å². The Morgan fingerprint density at radius 3 is 2.54 bits per heavy atom. The molecule has 0 radical (unpaired) electrons. The average Bonchev–Trinajstić information content (AvgIpc) is 2.98. The Morgan fingerprint density at radius 1 is 1.08 bits per heavy atom. The van der Waals surface area contributed by atoms with Crippen molar-refractivity contribution in [2.75, 3.05) is 13.1 Å². The molecule has 0 unspecified atom stereocenters. The van der Waals surface area contributed by atoms with Crippen LogP contribution in [0.15, 0.2) is 58.0 Å². The summed E-state index contributed by atoms with van der Waals surface area (Å²) in [5.41, 5.74) is 2.08. The maximum atomic E-state index is 12.5. The molecule has 0 saturated carbocycles. The van der Waals surface area contributed by atoms with E-state index in [0.29, 0.717) is 24.2 Å². The number of para-hydroxylation sites is 2. The zero-order chi connectivity index (χ0) is 16.5. The van der Waals surface area contributed by atoms with Crippen molar-refractivity contribution >= 4 is 17.0 Å². The normalized spacial score (nSPS) is 15.8. The van der Waals surface area contributed by atoms with Crippen molar-refractivity contribution in [3.8, 4) is 0 Å². The van der Waals surface area contributed by atoms with Crippen LogP contribution in [-0.4, -0.2) is 33.4 Å². The van der Waals surface area contributed by atoms with E-state index in [2.05, 4.69) is 4.98 Å². The third-order valence-electron chi connectivity index (χ3n) is 4.56. The predicted octanol–water partition coefficient (Wildman–Crippen LogP) is 2.47. The molecule has 1 amide bonds. The van der Waals surface area contributed by atoms with E-state index < -0.39 is 0 Å². The van der Waals surface area contributed by atoms with E-state index in [9.17, 15) is 9.59 Å². The van der Waals surface area contributed by atoms with Crippen LogP contribution in [0.4, 0.5) is 0 Å². The molecule has 3 aromatic rings. The van der Waals surface area contributed by atoms with Gasteiger partial charge in [0.15, 0.2) is 5.58 Å². The van der Waals surface area contributed by atoms with Crippen molar-refractivity contribution in [1.29, 1.82) is 0 Å². The number of likely N-dealkylation sites (tertiary alicyclic amines) is 1. The van der Waals surface area contributed by atoms with Crippen LogP contribution in [0.25, 0.3) is 11.1 Å². The SMILES string of the molecule is O=C(c1ccncc1)N1CCC(n2c(=O)oc3ccccc32)CC1. The number of piperidine rings is 1. The fraction of sp³-hybridized carbons (Fsp3) is 0.278. The molecule has 0 N–H and O–H groups in total. The highest BCUT2D eigenvalue weighted by atomic mass is 16.4. The van der Waals surface area contributed by atoms with E-state index in [1.807, 2.05) is 23.1 Å². The summed E-state index contributed by atoms with van der Waals surface area (Å²) in [6.45, 7) is 1.25. The number of benzene rings is 1. The number of hydrogen-bond acceptors (Lipinski definition) is 4. The lowest BCUT2D eigenvalue weighted by atomic mass is 10.0. The average molecular weight is 323 g/mol. The minimum absolute atomic E-state index is 0.0141. The first kappa shape index (κ1) is 14.7. The lowest BCUT2D eigenvalue weighted by Crippen LogP contribution is -2.40. The summed E-state index contributed by atoms with van der Waals surface area (Å²) in [5, 5.41) is 0. The van der Waals surface area contributed by atoms with Crippen LogP contribution >= 0.6 is 0 Å². The van der Waals surface area contributed by atoms with Crippen molar-refractivity contribution < 1.29 is 9.21 Å². The summed E-state index contributed by atoms with van der Waals surface area (Å²) >= 11 is 0. The Kier molecular flexibility index (Phi) is 3.65. The Morgan fingerprint density at radius 2 is 1.79 bits per heavy atom. The molecule has 6 heteroatoms. The van der Waals surface area contributed by atoms with E-state index in [-0.39, 0.29) is 17.7 Å². The first-order valence-corrected chi connectivity index (χ1v) is 8.03.